The second-order valence-corrected chi connectivity index (χ2v) is 10.7. The number of allylic oxidation sites excluding steroid dienone is 1. The zero-order valence-electron chi connectivity index (χ0n) is 21.3. The highest BCUT2D eigenvalue weighted by atomic mass is 16.5. The Kier molecular flexibility index (Phi) is 9.75. The molecule has 2 N–H and O–H groups in total. The van der Waals surface area contributed by atoms with Crippen molar-refractivity contribution in [3.05, 3.63) is 59.2 Å². The van der Waals surface area contributed by atoms with E-state index in [1.165, 1.54) is 11.1 Å². The smallest absolute Gasteiger partial charge is 0.0761 e. The van der Waals surface area contributed by atoms with E-state index in [4.69, 9.17) is 4.74 Å². The molecule has 0 aliphatic heterocycles. The van der Waals surface area contributed by atoms with Crippen LogP contribution in [-0.4, -0.2) is 59.2 Å². The van der Waals surface area contributed by atoms with Gasteiger partial charge in [-0.1, -0.05) is 53.6 Å². The standard InChI is InChI=1S/C29H45NO3/c1-20(2)30(21(3)4)12-14-33-13-11-24-16-25-19-29(32)27(28(25)18-24)10-9-26(31)17-23-8-6-7-22(5)15-23/h6-10,15-16,20-21,25-29,31-32H,11-14,17-19H2,1-5H3/t25-,26-,27+,28-,29+/m0/s1. The van der Waals surface area contributed by atoms with Crippen LogP contribution in [0.15, 0.2) is 48.1 Å². The van der Waals surface area contributed by atoms with Crippen molar-refractivity contribution in [3.8, 4) is 0 Å². The largest absolute Gasteiger partial charge is 0.392 e. The van der Waals surface area contributed by atoms with Crippen molar-refractivity contribution < 1.29 is 14.9 Å². The molecule has 0 amide bonds. The molecule has 0 unspecified atom stereocenters. The van der Waals surface area contributed by atoms with Gasteiger partial charge in [0.15, 0.2) is 0 Å². The van der Waals surface area contributed by atoms with Crippen molar-refractivity contribution in [1.29, 1.82) is 0 Å². The number of hydrogen-bond acceptors (Lipinski definition) is 4. The molecule has 2 aliphatic rings. The Hall–Kier alpha value is -1.46. The number of ether oxygens (including phenoxy) is 1. The SMILES string of the molecule is Cc1cccc(C[C@@H](O)C=C[C@@H]2[C@H]3CC(CCOCCN(C(C)C)C(C)C)=C[C@H]3C[C@H]2O)c1. The van der Waals surface area contributed by atoms with Crippen molar-refractivity contribution >= 4 is 0 Å². The lowest BCUT2D eigenvalue weighted by Crippen LogP contribution is -2.39. The molecule has 4 nitrogen and oxygen atoms in total. The molecule has 0 radical (unpaired) electrons. The average Bonchev–Trinajstić information content (AvgIpc) is 3.24. The third-order valence-electron chi connectivity index (χ3n) is 7.42. The highest BCUT2D eigenvalue weighted by Gasteiger charge is 2.43. The minimum atomic E-state index is -0.517. The Morgan fingerprint density at radius 3 is 2.61 bits per heavy atom. The lowest BCUT2D eigenvalue weighted by atomic mass is 9.88. The molecule has 0 aromatic heterocycles. The molecule has 0 bridgehead atoms. The predicted octanol–water partition coefficient (Wildman–Crippen LogP) is 4.92. The van der Waals surface area contributed by atoms with Gasteiger partial charge in [-0.15, -0.1) is 0 Å². The van der Waals surface area contributed by atoms with Crippen LogP contribution in [-0.2, 0) is 11.2 Å². The normalized spacial score (nSPS) is 26.1. The highest BCUT2D eigenvalue weighted by Crippen LogP contribution is 2.47. The Balaban J connectivity index is 1.43. The molecule has 33 heavy (non-hydrogen) atoms. The number of aliphatic hydroxyl groups excluding tert-OH is 2. The number of nitrogens with zero attached hydrogens (tertiary/aromatic N) is 1. The minimum absolute atomic E-state index is 0.127. The van der Waals surface area contributed by atoms with Gasteiger partial charge in [-0.3, -0.25) is 4.90 Å². The first-order valence-electron chi connectivity index (χ1n) is 12.9. The van der Waals surface area contributed by atoms with E-state index < -0.39 is 6.10 Å². The van der Waals surface area contributed by atoms with Gasteiger partial charge in [0.1, 0.15) is 0 Å². The van der Waals surface area contributed by atoms with Crippen molar-refractivity contribution in [2.24, 2.45) is 17.8 Å². The molecule has 0 saturated heterocycles. The first-order chi connectivity index (χ1) is 15.7. The molecule has 1 saturated carbocycles. The second kappa shape index (κ2) is 12.3. The Labute approximate surface area is 201 Å². The van der Waals surface area contributed by atoms with Crippen LogP contribution in [0.25, 0.3) is 0 Å². The summed E-state index contributed by atoms with van der Waals surface area (Å²) in [5.41, 5.74) is 3.83. The second-order valence-electron chi connectivity index (χ2n) is 10.7. The van der Waals surface area contributed by atoms with Crippen LogP contribution in [0.1, 0.15) is 58.1 Å². The van der Waals surface area contributed by atoms with Gasteiger partial charge in [-0.2, -0.15) is 0 Å². The number of aryl methyl sites for hydroxylation is 1. The van der Waals surface area contributed by atoms with Gasteiger partial charge in [0.2, 0.25) is 0 Å². The van der Waals surface area contributed by atoms with E-state index in [9.17, 15) is 10.2 Å². The number of hydrogen-bond donors (Lipinski definition) is 2. The van der Waals surface area contributed by atoms with E-state index in [1.54, 1.807) is 0 Å². The topological polar surface area (TPSA) is 52.9 Å². The third kappa shape index (κ3) is 7.51. The lowest BCUT2D eigenvalue weighted by Gasteiger charge is -2.30. The molecule has 5 atom stereocenters. The molecule has 1 aromatic rings. The summed E-state index contributed by atoms with van der Waals surface area (Å²) in [5.74, 6) is 1.04. The van der Waals surface area contributed by atoms with Gasteiger partial charge >= 0.3 is 0 Å². The molecule has 2 aliphatic carbocycles. The summed E-state index contributed by atoms with van der Waals surface area (Å²) in [7, 11) is 0. The van der Waals surface area contributed by atoms with Crippen LogP contribution in [0, 0.1) is 24.7 Å². The maximum absolute atomic E-state index is 10.6. The summed E-state index contributed by atoms with van der Waals surface area (Å²) in [4.78, 5) is 2.46. The van der Waals surface area contributed by atoms with E-state index in [1.807, 2.05) is 12.1 Å². The first-order valence-corrected chi connectivity index (χ1v) is 12.9. The van der Waals surface area contributed by atoms with Crippen molar-refractivity contribution in [3.63, 3.8) is 0 Å². The van der Waals surface area contributed by atoms with Gasteiger partial charge < -0.3 is 14.9 Å². The molecule has 0 spiro atoms. The lowest BCUT2D eigenvalue weighted by molar-refractivity contribution is 0.0796. The fourth-order valence-corrected chi connectivity index (χ4v) is 5.78. The van der Waals surface area contributed by atoms with Crippen molar-refractivity contribution in [2.75, 3.05) is 19.8 Å². The Morgan fingerprint density at radius 2 is 1.91 bits per heavy atom. The van der Waals surface area contributed by atoms with Crippen LogP contribution in [0.3, 0.4) is 0 Å². The molecule has 3 rings (SSSR count). The predicted molar refractivity (Wildman–Crippen MR) is 136 cm³/mol. The fourth-order valence-electron chi connectivity index (χ4n) is 5.78. The van der Waals surface area contributed by atoms with Crippen LogP contribution in [0.5, 0.6) is 0 Å². The quantitative estimate of drug-likeness (QED) is 0.347. The molecule has 0 heterocycles. The summed E-state index contributed by atoms with van der Waals surface area (Å²) in [6, 6.07) is 9.36. The molecule has 1 fully saturated rings. The molecule has 1 aromatic carbocycles. The zero-order chi connectivity index (χ0) is 24.0. The number of aliphatic hydroxyl groups is 2. The summed E-state index contributed by atoms with van der Waals surface area (Å²) in [6.07, 6.45) is 9.01. The Morgan fingerprint density at radius 1 is 1.15 bits per heavy atom. The maximum Gasteiger partial charge on any atom is 0.0761 e. The first kappa shape index (κ1) is 26.2. The minimum Gasteiger partial charge on any atom is -0.392 e. The van der Waals surface area contributed by atoms with Crippen molar-refractivity contribution in [1.82, 2.24) is 4.90 Å². The third-order valence-corrected chi connectivity index (χ3v) is 7.42. The van der Waals surface area contributed by atoms with E-state index in [0.29, 0.717) is 30.3 Å². The summed E-state index contributed by atoms with van der Waals surface area (Å²) in [6.45, 7) is 13.6. The van der Waals surface area contributed by atoms with Crippen LogP contribution in [0.2, 0.25) is 0 Å². The van der Waals surface area contributed by atoms with Gasteiger partial charge in [-0.05, 0) is 71.3 Å². The average molecular weight is 456 g/mol. The van der Waals surface area contributed by atoms with Gasteiger partial charge in [0.05, 0.1) is 25.4 Å². The van der Waals surface area contributed by atoms with E-state index >= 15 is 0 Å². The number of benzene rings is 1. The van der Waals surface area contributed by atoms with Crippen LogP contribution in [0.4, 0.5) is 0 Å². The number of fused-ring (bicyclic) bond motifs is 1. The van der Waals surface area contributed by atoms with Crippen LogP contribution < -0.4 is 0 Å². The van der Waals surface area contributed by atoms with Gasteiger partial charge in [0.25, 0.3) is 0 Å². The van der Waals surface area contributed by atoms with Crippen molar-refractivity contribution in [2.45, 2.75) is 84.6 Å². The van der Waals surface area contributed by atoms with E-state index in [2.05, 4.69) is 69.9 Å². The summed E-state index contributed by atoms with van der Waals surface area (Å²) >= 11 is 0. The summed E-state index contributed by atoms with van der Waals surface area (Å²) in [5, 5.41) is 21.1. The Bertz CT molecular complexity index is 792. The molecule has 4 heteroatoms. The monoisotopic (exact) mass is 455 g/mol. The number of rotatable bonds is 12. The van der Waals surface area contributed by atoms with Gasteiger partial charge in [0, 0.05) is 31.0 Å². The molecular weight excluding hydrogens is 410 g/mol. The summed E-state index contributed by atoms with van der Waals surface area (Å²) < 4.78 is 5.96. The maximum atomic E-state index is 10.6. The van der Waals surface area contributed by atoms with E-state index in [0.717, 1.165) is 44.6 Å². The van der Waals surface area contributed by atoms with Gasteiger partial charge in [-0.25, -0.2) is 0 Å². The van der Waals surface area contributed by atoms with Crippen LogP contribution >= 0.6 is 0 Å². The zero-order valence-corrected chi connectivity index (χ0v) is 21.3. The fraction of sp³-hybridized carbons (Fsp3) is 0.655. The molecule has 184 valence electrons. The highest BCUT2D eigenvalue weighted by molar-refractivity contribution is 5.24. The van der Waals surface area contributed by atoms with E-state index in [-0.39, 0.29) is 12.0 Å². The molecular formula is C29H45NO3.